The summed E-state index contributed by atoms with van der Waals surface area (Å²) in [5, 5.41) is 2.63. The van der Waals surface area contributed by atoms with Crippen molar-refractivity contribution in [1.82, 2.24) is 10.2 Å². The summed E-state index contributed by atoms with van der Waals surface area (Å²) in [7, 11) is 2.68. The molecule has 1 aromatic carbocycles. The monoisotopic (exact) mass is 374 g/mol. The molecule has 6 nitrogen and oxygen atoms in total. The highest BCUT2D eigenvalue weighted by atomic mass is 19.4. The molecule has 1 aliphatic rings. The van der Waals surface area contributed by atoms with E-state index in [0.717, 1.165) is 12.1 Å². The van der Waals surface area contributed by atoms with Crippen molar-refractivity contribution in [3.8, 4) is 0 Å². The third kappa shape index (κ3) is 4.09. The largest absolute Gasteiger partial charge is 0.469 e. The number of ether oxygens (including phenoxy) is 2. The van der Waals surface area contributed by atoms with Crippen LogP contribution in [0.2, 0.25) is 0 Å². The molecule has 2 amide bonds. The number of alkyl halides is 3. The maximum Gasteiger partial charge on any atom is 0.416 e. The number of methoxy groups -OCH3 is 2. The highest BCUT2D eigenvalue weighted by Gasteiger charge is 2.45. The number of esters is 1. The highest BCUT2D eigenvalue weighted by Crippen LogP contribution is 2.36. The average molecular weight is 374 g/mol. The van der Waals surface area contributed by atoms with E-state index >= 15 is 0 Å². The molecule has 1 saturated heterocycles. The van der Waals surface area contributed by atoms with E-state index in [1.807, 2.05) is 0 Å². The van der Waals surface area contributed by atoms with Crippen molar-refractivity contribution < 1.29 is 32.2 Å². The van der Waals surface area contributed by atoms with E-state index in [-0.39, 0.29) is 18.7 Å². The molecule has 0 spiro atoms. The molecule has 0 aromatic heterocycles. The fourth-order valence-corrected chi connectivity index (χ4v) is 3.13. The number of urea groups is 1. The molecule has 3 atom stereocenters. The van der Waals surface area contributed by atoms with Crippen LogP contribution in [-0.4, -0.2) is 50.3 Å². The predicted molar refractivity (Wildman–Crippen MR) is 86.3 cm³/mol. The van der Waals surface area contributed by atoms with Gasteiger partial charge in [0.15, 0.2) is 0 Å². The van der Waals surface area contributed by atoms with Crippen LogP contribution in [0.3, 0.4) is 0 Å². The number of carbonyl (C=O) groups excluding carboxylic acids is 2. The lowest BCUT2D eigenvalue weighted by Gasteiger charge is -2.43. The van der Waals surface area contributed by atoms with Crippen LogP contribution in [0, 0.1) is 5.92 Å². The molecule has 144 valence electrons. The number of hydrogen-bond acceptors (Lipinski definition) is 4. The molecule has 0 aliphatic carbocycles. The lowest BCUT2D eigenvalue weighted by Crippen LogP contribution is -2.60. The Hall–Kier alpha value is -2.29. The predicted octanol–water partition coefficient (Wildman–Crippen LogP) is 2.60. The second-order valence-corrected chi connectivity index (χ2v) is 6.03. The molecule has 0 bridgehead atoms. The van der Waals surface area contributed by atoms with Gasteiger partial charge in [-0.2, -0.15) is 13.2 Å². The van der Waals surface area contributed by atoms with Gasteiger partial charge in [-0.1, -0.05) is 12.1 Å². The van der Waals surface area contributed by atoms with Crippen LogP contribution in [-0.2, 0) is 20.4 Å². The Morgan fingerprint density at radius 3 is 2.58 bits per heavy atom. The topological polar surface area (TPSA) is 67.9 Å². The van der Waals surface area contributed by atoms with Gasteiger partial charge < -0.3 is 19.7 Å². The summed E-state index contributed by atoms with van der Waals surface area (Å²) in [6, 6.07) is 2.61. The Kier molecular flexibility index (Phi) is 6.12. The number of nitrogens with one attached hydrogen (secondary N) is 1. The molecule has 0 unspecified atom stereocenters. The van der Waals surface area contributed by atoms with Gasteiger partial charge in [-0.25, -0.2) is 4.79 Å². The molecule has 1 fully saturated rings. The molecule has 26 heavy (non-hydrogen) atoms. The number of benzene rings is 1. The summed E-state index contributed by atoms with van der Waals surface area (Å²) in [6.07, 6.45) is -4.52. The van der Waals surface area contributed by atoms with Crippen molar-refractivity contribution in [3.05, 3.63) is 35.4 Å². The van der Waals surface area contributed by atoms with Gasteiger partial charge >= 0.3 is 18.2 Å². The molecule has 9 heteroatoms. The first-order valence-electron chi connectivity index (χ1n) is 8.01. The molecule has 0 saturated carbocycles. The zero-order chi connectivity index (χ0) is 19.5. The molecule has 0 radical (unpaired) electrons. The first-order valence-corrected chi connectivity index (χ1v) is 8.01. The summed E-state index contributed by atoms with van der Waals surface area (Å²) in [5.74, 6) is -1.47. The Morgan fingerprint density at radius 1 is 1.31 bits per heavy atom. The second-order valence-electron chi connectivity index (χ2n) is 6.03. The summed E-state index contributed by atoms with van der Waals surface area (Å²) in [5.41, 5.74) is -0.649. The quantitative estimate of drug-likeness (QED) is 0.805. The van der Waals surface area contributed by atoms with Crippen LogP contribution in [0.25, 0.3) is 0 Å². The minimum Gasteiger partial charge on any atom is -0.469 e. The van der Waals surface area contributed by atoms with Gasteiger partial charge in [-0.15, -0.1) is 0 Å². The molecule has 1 aromatic rings. The maximum absolute atomic E-state index is 13.0. The van der Waals surface area contributed by atoms with Gasteiger partial charge in [0.1, 0.15) is 5.92 Å². The molecule has 1 aliphatic heterocycles. The minimum atomic E-state index is -4.52. The van der Waals surface area contributed by atoms with Crippen molar-refractivity contribution in [2.45, 2.75) is 25.2 Å². The van der Waals surface area contributed by atoms with Gasteiger partial charge in [0.2, 0.25) is 0 Å². The molecule has 1 heterocycles. The SMILES string of the molecule is COCCN1C(=O)N[C@@H](c2cccc(C(F)(F)F)c2)[C@H](C(=O)OC)[C@H]1C. The van der Waals surface area contributed by atoms with Gasteiger partial charge in [0, 0.05) is 19.7 Å². The Morgan fingerprint density at radius 2 is 2.00 bits per heavy atom. The number of halogens is 3. The van der Waals surface area contributed by atoms with Crippen LogP contribution in [0.1, 0.15) is 24.1 Å². The maximum atomic E-state index is 13.0. The summed E-state index contributed by atoms with van der Waals surface area (Å²) >= 11 is 0. The number of amides is 2. The van der Waals surface area contributed by atoms with E-state index in [1.54, 1.807) is 6.92 Å². The van der Waals surface area contributed by atoms with E-state index in [0.29, 0.717) is 0 Å². The van der Waals surface area contributed by atoms with E-state index in [4.69, 9.17) is 9.47 Å². The first-order chi connectivity index (χ1) is 12.2. The first kappa shape index (κ1) is 20.0. The lowest BCUT2D eigenvalue weighted by molar-refractivity contribution is -0.149. The number of nitrogens with zero attached hydrogens (tertiary/aromatic N) is 1. The van der Waals surface area contributed by atoms with Crippen LogP contribution in [0.15, 0.2) is 24.3 Å². The molecular formula is C17H21F3N2O4. The van der Waals surface area contributed by atoms with E-state index in [1.165, 1.54) is 31.3 Å². The minimum absolute atomic E-state index is 0.196. The van der Waals surface area contributed by atoms with Crippen LogP contribution < -0.4 is 5.32 Å². The third-order valence-electron chi connectivity index (χ3n) is 4.49. The summed E-state index contributed by atoms with van der Waals surface area (Å²) in [6.45, 7) is 2.17. The highest BCUT2D eigenvalue weighted by molar-refractivity contribution is 5.82. The van der Waals surface area contributed by atoms with E-state index in [9.17, 15) is 22.8 Å². The zero-order valence-corrected chi connectivity index (χ0v) is 14.7. The van der Waals surface area contributed by atoms with Gasteiger partial charge in [-0.05, 0) is 24.6 Å². The molecular weight excluding hydrogens is 353 g/mol. The third-order valence-corrected chi connectivity index (χ3v) is 4.49. The zero-order valence-electron chi connectivity index (χ0n) is 14.7. The standard InChI is InChI=1S/C17H21F3N2O4/c1-10-13(15(23)26-3)14(21-16(24)22(10)7-8-25-2)11-5-4-6-12(9-11)17(18,19)20/h4-6,9-10,13-14H,7-8H2,1-3H3,(H,21,24)/t10-,13-,14+/m1/s1. The normalized spacial score (nSPS) is 23.5. The summed E-state index contributed by atoms with van der Waals surface area (Å²) < 4.78 is 48.8. The van der Waals surface area contributed by atoms with Crippen molar-refractivity contribution in [1.29, 1.82) is 0 Å². The van der Waals surface area contributed by atoms with Crippen molar-refractivity contribution >= 4 is 12.0 Å². The van der Waals surface area contributed by atoms with Crippen LogP contribution in [0.5, 0.6) is 0 Å². The van der Waals surface area contributed by atoms with Crippen molar-refractivity contribution in [2.75, 3.05) is 27.4 Å². The summed E-state index contributed by atoms with van der Waals surface area (Å²) in [4.78, 5) is 26.1. The second kappa shape index (κ2) is 7.94. The number of hydrogen-bond donors (Lipinski definition) is 1. The Bertz CT molecular complexity index is 666. The fraction of sp³-hybridized carbons (Fsp3) is 0.529. The Balaban J connectivity index is 2.40. The Labute approximate surface area is 149 Å². The van der Waals surface area contributed by atoms with Gasteiger partial charge in [0.05, 0.1) is 25.3 Å². The van der Waals surface area contributed by atoms with Crippen LogP contribution >= 0.6 is 0 Å². The smallest absolute Gasteiger partial charge is 0.416 e. The van der Waals surface area contributed by atoms with E-state index in [2.05, 4.69) is 5.32 Å². The fourth-order valence-electron chi connectivity index (χ4n) is 3.13. The lowest BCUT2D eigenvalue weighted by atomic mass is 9.84. The van der Waals surface area contributed by atoms with Crippen LogP contribution in [0.4, 0.5) is 18.0 Å². The van der Waals surface area contributed by atoms with Gasteiger partial charge in [-0.3, -0.25) is 4.79 Å². The average Bonchev–Trinajstić information content (AvgIpc) is 2.60. The molecule has 2 rings (SSSR count). The molecule has 1 N–H and O–H groups in total. The number of carbonyl (C=O) groups is 2. The van der Waals surface area contributed by atoms with E-state index < -0.39 is 41.7 Å². The van der Waals surface area contributed by atoms with Crippen molar-refractivity contribution in [2.24, 2.45) is 5.92 Å². The van der Waals surface area contributed by atoms with Gasteiger partial charge in [0.25, 0.3) is 0 Å². The van der Waals surface area contributed by atoms with Crippen molar-refractivity contribution in [3.63, 3.8) is 0 Å². The number of rotatable bonds is 5.